The number of hydrogen-bond acceptors (Lipinski definition) is 6. The maximum atomic E-state index is 9.63. The Bertz CT molecular complexity index is 139. The van der Waals surface area contributed by atoms with E-state index < -0.39 is 24.1 Å². The van der Waals surface area contributed by atoms with Crippen LogP contribution >= 0.6 is 0 Å². The van der Waals surface area contributed by atoms with Crippen molar-refractivity contribution in [1.82, 2.24) is 0 Å². The van der Waals surface area contributed by atoms with Crippen LogP contribution in [0.25, 0.3) is 0 Å². The van der Waals surface area contributed by atoms with Crippen molar-refractivity contribution in [3.63, 3.8) is 0 Å². The number of hydrogen-bond donors (Lipinski definition) is 2. The number of carboxylic acids is 2. The van der Waals surface area contributed by atoms with Gasteiger partial charge < -0.3 is 30.0 Å². The second-order valence-electron chi connectivity index (χ2n) is 1.53. The SMILES string of the molecule is O=C([O-])[C@H](O)[C@@H](O)C(=O)[O-].[SnH2+2]. The molecule has 0 heterocycles. The molecule has 0 saturated heterocycles. The van der Waals surface area contributed by atoms with Crippen LogP contribution in [0.5, 0.6) is 0 Å². The Balaban J connectivity index is 0. The third kappa shape index (κ3) is 4.17. The molecule has 62 valence electrons. The van der Waals surface area contributed by atoms with Gasteiger partial charge >= 0.3 is 23.9 Å². The number of carboxylic acid groups (broad SMARTS) is 2. The standard InChI is InChI=1S/C4H6O6.Sn.2H/c5-1(3(7)8)2(6)4(9)10;;;/h1-2,5-6H,(H,7,8)(H,9,10);;;/q;+2;;/p-2/t1-,2-;;;/m1.../s1. The molecule has 0 aromatic carbocycles. The van der Waals surface area contributed by atoms with Crippen molar-refractivity contribution in [2.24, 2.45) is 0 Å². The molecule has 0 aliphatic heterocycles. The number of aliphatic carboxylic acids is 2. The van der Waals surface area contributed by atoms with Gasteiger partial charge in [0.1, 0.15) is 12.2 Å². The first-order valence-electron chi connectivity index (χ1n) is 2.24. The third-order valence-electron chi connectivity index (χ3n) is 0.782. The van der Waals surface area contributed by atoms with E-state index in [0.717, 1.165) is 0 Å². The van der Waals surface area contributed by atoms with Crippen molar-refractivity contribution >= 4 is 35.8 Å². The van der Waals surface area contributed by atoms with Gasteiger partial charge in [-0.05, 0) is 0 Å². The van der Waals surface area contributed by atoms with Crippen LogP contribution in [0, 0.1) is 0 Å². The zero-order valence-electron chi connectivity index (χ0n) is 5.39. The number of rotatable bonds is 3. The Morgan fingerprint density at radius 1 is 1.00 bits per heavy atom. The molecule has 0 unspecified atom stereocenters. The van der Waals surface area contributed by atoms with Crippen molar-refractivity contribution in [2.45, 2.75) is 12.2 Å². The van der Waals surface area contributed by atoms with E-state index in [2.05, 4.69) is 0 Å². The summed E-state index contributed by atoms with van der Waals surface area (Å²) in [6.45, 7) is 0. The molecule has 0 rings (SSSR count). The Kier molecular flexibility index (Phi) is 6.42. The molecule has 11 heavy (non-hydrogen) atoms. The van der Waals surface area contributed by atoms with Crippen LogP contribution in [0.1, 0.15) is 0 Å². The van der Waals surface area contributed by atoms with Gasteiger partial charge in [0.25, 0.3) is 0 Å². The Morgan fingerprint density at radius 2 is 1.18 bits per heavy atom. The molecule has 0 radical (unpaired) electrons. The number of carbonyl (C=O) groups is 2. The predicted octanol–water partition coefficient (Wildman–Crippen LogP) is -5.71. The van der Waals surface area contributed by atoms with E-state index in [9.17, 15) is 19.8 Å². The van der Waals surface area contributed by atoms with Crippen LogP contribution in [-0.2, 0) is 9.59 Å². The van der Waals surface area contributed by atoms with Crippen LogP contribution in [0.2, 0.25) is 0 Å². The van der Waals surface area contributed by atoms with Crippen LogP contribution in [0.15, 0.2) is 0 Å². The molecule has 0 amide bonds. The Morgan fingerprint density at radius 3 is 1.27 bits per heavy atom. The average Bonchev–Trinajstić information content (AvgIpc) is 1.84. The van der Waals surface area contributed by atoms with Gasteiger partial charge in [0, 0.05) is 0 Å². The fourth-order valence-corrected chi connectivity index (χ4v) is 0.258. The second-order valence-corrected chi connectivity index (χ2v) is 1.53. The van der Waals surface area contributed by atoms with Gasteiger partial charge in [0.2, 0.25) is 0 Å². The summed E-state index contributed by atoms with van der Waals surface area (Å²) in [6, 6.07) is 0. The molecule has 0 aliphatic rings. The summed E-state index contributed by atoms with van der Waals surface area (Å²) < 4.78 is 0. The zero-order chi connectivity index (χ0) is 8.31. The molecule has 0 aliphatic carbocycles. The predicted molar refractivity (Wildman–Crippen MR) is 30.6 cm³/mol. The number of aliphatic hydroxyl groups is 2. The topological polar surface area (TPSA) is 121 Å². The fraction of sp³-hybridized carbons (Fsp3) is 0.500. The maximum absolute atomic E-state index is 9.63. The van der Waals surface area contributed by atoms with E-state index in [4.69, 9.17) is 10.2 Å². The summed E-state index contributed by atoms with van der Waals surface area (Å²) in [5.74, 6) is -4.12. The summed E-state index contributed by atoms with van der Waals surface area (Å²) in [4.78, 5) is 19.3. The normalized spacial score (nSPS) is 14.4. The van der Waals surface area contributed by atoms with Crippen molar-refractivity contribution < 1.29 is 30.0 Å². The van der Waals surface area contributed by atoms with Gasteiger partial charge in [-0.1, -0.05) is 0 Å². The molecule has 7 heteroatoms. The minimum atomic E-state index is -2.44. The number of carbonyl (C=O) groups excluding carboxylic acids is 2. The van der Waals surface area contributed by atoms with Gasteiger partial charge in [0.05, 0.1) is 11.9 Å². The molecule has 0 aromatic heterocycles. The Hall–Kier alpha value is -0.341. The average molecular weight is 269 g/mol. The van der Waals surface area contributed by atoms with Gasteiger partial charge in [-0.2, -0.15) is 0 Å². The van der Waals surface area contributed by atoms with Gasteiger partial charge in [-0.3, -0.25) is 0 Å². The fourth-order valence-electron chi connectivity index (χ4n) is 0.258. The monoisotopic (exact) mass is 270 g/mol. The summed E-state index contributed by atoms with van der Waals surface area (Å²) in [5, 5.41) is 35.7. The summed E-state index contributed by atoms with van der Waals surface area (Å²) in [7, 11) is 0. The van der Waals surface area contributed by atoms with Crippen LogP contribution < -0.4 is 10.2 Å². The van der Waals surface area contributed by atoms with Crippen LogP contribution in [0.4, 0.5) is 0 Å². The molecular formula is C4H6O6Sn. The van der Waals surface area contributed by atoms with Gasteiger partial charge in [0.15, 0.2) is 0 Å². The van der Waals surface area contributed by atoms with Crippen LogP contribution in [-0.4, -0.2) is 58.3 Å². The van der Waals surface area contributed by atoms with E-state index in [1.807, 2.05) is 0 Å². The van der Waals surface area contributed by atoms with Crippen molar-refractivity contribution in [3.8, 4) is 0 Å². The van der Waals surface area contributed by atoms with Crippen molar-refractivity contribution in [1.29, 1.82) is 0 Å². The summed E-state index contributed by atoms with van der Waals surface area (Å²) in [6.07, 6.45) is -4.88. The van der Waals surface area contributed by atoms with Gasteiger partial charge in [-0.15, -0.1) is 0 Å². The van der Waals surface area contributed by atoms with Crippen molar-refractivity contribution in [2.75, 3.05) is 0 Å². The molecule has 0 spiro atoms. The molecule has 6 nitrogen and oxygen atoms in total. The summed E-state index contributed by atoms with van der Waals surface area (Å²) >= 11 is 0. The molecular weight excluding hydrogens is 263 g/mol. The van der Waals surface area contributed by atoms with Crippen LogP contribution in [0.3, 0.4) is 0 Å². The molecule has 0 aromatic rings. The van der Waals surface area contributed by atoms with Gasteiger partial charge in [-0.25, -0.2) is 0 Å². The summed E-state index contributed by atoms with van der Waals surface area (Å²) in [5.41, 5.74) is 0. The molecule has 0 fully saturated rings. The van der Waals surface area contributed by atoms with E-state index in [1.165, 1.54) is 0 Å². The first-order chi connectivity index (χ1) is 4.46. The zero-order valence-corrected chi connectivity index (χ0v) is 9.43. The minimum absolute atomic E-state index is 0. The van der Waals surface area contributed by atoms with E-state index in [-0.39, 0.29) is 23.9 Å². The van der Waals surface area contributed by atoms with E-state index in [0.29, 0.717) is 0 Å². The second kappa shape index (κ2) is 5.33. The Labute approximate surface area is 78.4 Å². The molecule has 2 N–H and O–H groups in total. The third-order valence-corrected chi connectivity index (χ3v) is 0.782. The van der Waals surface area contributed by atoms with E-state index >= 15 is 0 Å². The quantitative estimate of drug-likeness (QED) is 0.492. The van der Waals surface area contributed by atoms with E-state index in [1.54, 1.807) is 0 Å². The first-order valence-corrected chi connectivity index (χ1v) is 2.24. The molecule has 0 saturated carbocycles. The number of aliphatic hydroxyl groups excluding tert-OH is 2. The molecule has 0 bridgehead atoms. The first kappa shape index (κ1) is 13.3. The van der Waals surface area contributed by atoms with Crippen molar-refractivity contribution in [3.05, 3.63) is 0 Å². The molecule has 2 atom stereocenters.